The first-order valence-corrected chi connectivity index (χ1v) is 8.27. The molecule has 0 aliphatic carbocycles. The monoisotopic (exact) mass is 389 g/mol. The molecule has 1 aromatic heterocycles. The molecule has 1 amide bonds. The molecule has 0 unspecified atom stereocenters. The number of hydrogen-bond acceptors (Lipinski definition) is 5. The molecule has 5 nitrogen and oxygen atoms in total. The zero-order chi connectivity index (χ0) is 16.2. The van der Waals surface area contributed by atoms with Crippen molar-refractivity contribution in [3.8, 4) is 17.0 Å². The van der Waals surface area contributed by atoms with Crippen LogP contribution in [0.2, 0.25) is 0 Å². The first kappa shape index (κ1) is 15.6. The molecule has 0 aliphatic heterocycles. The fourth-order valence-electron chi connectivity index (χ4n) is 2.02. The van der Waals surface area contributed by atoms with Gasteiger partial charge in [0.2, 0.25) is 0 Å². The Morgan fingerprint density at radius 2 is 2.00 bits per heavy atom. The van der Waals surface area contributed by atoms with E-state index >= 15 is 0 Å². The first-order valence-electron chi connectivity index (χ1n) is 6.71. The maximum Gasteiger partial charge on any atom is 0.269 e. The Bertz CT molecular complexity index is 833. The lowest BCUT2D eigenvalue weighted by atomic mass is 10.1. The molecule has 0 spiro atoms. The van der Waals surface area contributed by atoms with Gasteiger partial charge in [0.1, 0.15) is 16.3 Å². The molecular weight excluding hydrogens is 378 g/mol. The number of benzene rings is 2. The third kappa shape index (κ3) is 3.57. The molecule has 0 fully saturated rings. The number of carbonyl (C=O) groups excluding carboxylic acids is 1. The summed E-state index contributed by atoms with van der Waals surface area (Å²) in [7, 11) is 1.60. The molecule has 116 valence electrons. The van der Waals surface area contributed by atoms with Gasteiger partial charge in [0.15, 0.2) is 0 Å². The zero-order valence-corrected chi connectivity index (χ0v) is 14.5. The van der Waals surface area contributed by atoms with Gasteiger partial charge in [0, 0.05) is 15.7 Å². The number of rotatable bonds is 4. The normalized spacial score (nSPS) is 10.3. The van der Waals surface area contributed by atoms with Gasteiger partial charge in [-0.2, -0.15) is 0 Å². The Hall–Kier alpha value is -2.25. The third-order valence-corrected chi connectivity index (χ3v) is 4.39. The van der Waals surface area contributed by atoms with Crippen LogP contribution in [0, 0.1) is 0 Å². The van der Waals surface area contributed by atoms with Gasteiger partial charge in [0.05, 0.1) is 7.11 Å². The van der Waals surface area contributed by atoms with E-state index in [1.54, 1.807) is 7.11 Å². The van der Waals surface area contributed by atoms with Gasteiger partial charge in [-0.3, -0.25) is 4.79 Å². The number of nitrogens with one attached hydrogen (secondary N) is 1. The van der Waals surface area contributed by atoms with Crippen molar-refractivity contribution < 1.29 is 9.53 Å². The standard InChI is InChI=1S/C16H12BrN3O2S/c1-22-13-4-2-3-10(9-13)14-15(23-20-19-14)16(21)18-12-7-5-11(17)6-8-12/h2-9H,1H3,(H,18,21). The first-order chi connectivity index (χ1) is 11.2. The SMILES string of the molecule is COc1cccc(-c2nnsc2C(=O)Nc2ccc(Br)cc2)c1. The van der Waals surface area contributed by atoms with Crippen LogP contribution in [-0.2, 0) is 0 Å². The zero-order valence-electron chi connectivity index (χ0n) is 12.1. The lowest BCUT2D eigenvalue weighted by Crippen LogP contribution is -2.11. The van der Waals surface area contributed by atoms with Crippen molar-refractivity contribution in [1.82, 2.24) is 9.59 Å². The minimum Gasteiger partial charge on any atom is -0.497 e. The number of halogens is 1. The number of amides is 1. The molecule has 1 heterocycles. The largest absolute Gasteiger partial charge is 0.497 e. The van der Waals surface area contributed by atoms with Gasteiger partial charge in [-0.05, 0) is 47.9 Å². The number of carbonyl (C=O) groups is 1. The topological polar surface area (TPSA) is 64.1 Å². The van der Waals surface area contributed by atoms with E-state index in [9.17, 15) is 4.79 Å². The average Bonchev–Trinajstić information content (AvgIpc) is 3.07. The third-order valence-electron chi connectivity index (χ3n) is 3.14. The second-order valence-corrected chi connectivity index (χ2v) is 6.31. The van der Waals surface area contributed by atoms with Crippen LogP contribution >= 0.6 is 27.5 Å². The molecule has 7 heteroatoms. The number of ether oxygens (including phenoxy) is 1. The summed E-state index contributed by atoms with van der Waals surface area (Å²) in [6, 6.07) is 14.8. The summed E-state index contributed by atoms with van der Waals surface area (Å²) in [5.41, 5.74) is 2.05. The molecule has 0 bridgehead atoms. The highest BCUT2D eigenvalue weighted by Crippen LogP contribution is 2.27. The van der Waals surface area contributed by atoms with Crippen molar-refractivity contribution in [2.45, 2.75) is 0 Å². The highest BCUT2D eigenvalue weighted by molar-refractivity contribution is 9.10. The van der Waals surface area contributed by atoms with Gasteiger partial charge >= 0.3 is 0 Å². The minimum atomic E-state index is -0.236. The summed E-state index contributed by atoms with van der Waals surface area (Å²) in [5.74, 6) is 0.468. The van der Waals surface area contributed by atoms with Gasteiger partial charge in [-0.25, -0.2) is 0 Å². The predicted octanol–water partition coefficient (Wildman–Crippen LogP) is 4.23. The number of aromatic nitrogens is 2. The molecule has 0 saturated heterocycles. The molecular formula is C16H12BrN3O2S. The highest BCUT2D eigenvalue weighted by Gasteiger charge is 2.18. The van der Waals surface area contributed by atoms with Crippen molar-refractivity contribution >= 4 is 39.1 Å². The lowest BCUT2D eigenvalue weighted by Gasteiger charge is -2.06. The Morgan fingerprint density at radius 3 is 2.74 bits per heavy atom. The molecule has 23 heavy (non-hydrogen) atoms. The number of anilines is 1. The van der Waals surface area contributed by atoms with Crippen LogP contribution in [0.3, 0.4) is 0 Å². The number of nitrogens with zero attached hydrogens (tertiary/aromatic N) is 2. The van der Waals surface area contributed by atoms with E-state index in [2.05, 4.69) is 30.8 Å². The fraction of sp³-hybridized carbons (Fsp3) is 0.0625. The van der Waals surface area contributed by atoms with Gasteiger partial charge in [0.25, 0.3) is 5.91 Å². The summed E-state index contributed by atoms with van der Waals surface area (Å²) in [6.07, 6.45) is 0. The quantitative estimate of drug-likeness (QED) is 0.724. The highest BCUT2D eigenvalue weighted by atomic mass is 79.9. The average molecular weight is 390 g/mol. The number of hydrogen-bond donors (Lipinski definition) is 1. The van der Waals surface area contributed by atoms with Crippen molar-refractivity contribution in [2.24, 2.45) is 0 Å². The van der Waals surface area contributed by atoms with Crippen molar-refractivity contribution in [2.75, 3.05) is 12.4 Å². The smallest absolute Gasteiger partial charge is 0.269 e. The van der Waals surface area contributed by atoms with Crippen LogP contribution < -0.4 is 10.1 Å². The summed E-state index contributed by atoms with van der Waals surface area (Å²) >= 11 is 4.43. The maximum atomic E-state index is 12.5. The van der Waals surface area contributed by atoms with Crippen LogP contribution in [0.4, 0.5) is 5.69 Å². The number of methoxy groups -OCH3 is 1. The lowest BCUT2D eigenvalue weighted by molar-refractivity contribution is 0.103. The Balaban J connectivity index is 1.87. The van der Waals surface area contributed by atoms with Crippen molar-refractivity contribution in [1.29, 1.82) is 0 Å². The van der Waals surface area contributed by atoms with Crippen LogP contribution in [0.1, 0.15) is 9.67 Å². The van der Waals surface area contributed by atoms with Crippen LogP contribution in [0.15, 0.2) is 53.0 Å². The van der Waals surface area contributed by atoms with Crippen molar-refractivity contribution in [3.63, 3.8) is 0 Å². The summed E-state index contributed by atoms with van der Waals surface area (Å²) < 4.78 is 10.1. The summed E-state index contributed by atoms with van der Waals surface area (Å²) in [4.78, 5) is 12.9. The molecule has 0 saturated carbocycles. The molecule has 0 aliphatic rings. The van der Waals surface area contributed by atoms with E-state index < -0.39 is 0 Å². The van der Waals surface area contributed by atoms with E-state index in [0.29, 0.717) is 22.0 Å². The van der Waals surface area contributed by atoms with E-state index in [0.717, 1.165) is 21.6 Å². The molecule has 0 radical (unpaired) electrons. The van der Waals surface area contributed by atoms with E-state index in [4.69, 9.17) is 4.74 Å². The van der Waals surface area contributed by atoms with E-state index in [1.165, 1.54) is 0 Å². The Labute approximate surface area is 145 Å². The van der Waals surface area contributed by atoms with Crippen LogP contribution in [0.5, 0.6) is 5.75 Å². The second kappa shape index (κ2) is 6.89. The molecule has 3 rings (SSSR count). The maximum absolute atomic E-state index is 12.5. The molecule has 0 atom stereocenters. The summed E-state index contributed by atoms with van der Waals surface area (Å²) in [5, 5.41) is 6.93. The minimum absolute atomic E-state index is 0.236. The Kier molecular flexibility index (Phi) is 4.68. The van der Waals surface area contributed by atoms with Gasteiger partial charge < -0.3 is 10.1 Å². The second-order valence-electron chi connectivity index (χ2n) is 4.64. The molecule has 3 aromatic rings. The van der Waals surface area contributed by atoms with Crippen molar-refractivity contribution in [3.05, 3.63) is 57.9 Å². The molecule has 2 aromatic carbocycles. The fourth-order valence-corrected chi connectivity index (χ4v) is 2.87. The predicted molar refractivity (Wildman–Crippen MR) is 94.0 cm³/mol. The molecule has 1 N–H and O–H groups in total. The summed E-state index contributed by atoms with van der Waals surface area (Å²) in [6.45, 7) is 0. The Morgan fingerprint density at radius 1 is 1.22 bits per heavy atom. The van der Waals surface area contributed by atoms with E-state index in [1.807, 2.05) is 48.5 Å². The van der Waals surface area contributed by atoms with Crippen LogP contribution in [0.25, 0.3) is 11.3 Å². The van der Waals surface area contributed by atoms with E-state index in [-0.39, 0.29) is 5.91 Å². The van der Waals surface area contributed by atoms with Crippen LogP contribution in [-0.4, -0.2) is 22.6 Å². The van der Waals surface area contributed by atoms with Gasteiger partial charge in [-0.1, -0.05) is 32.6 Å². The van der Waals surface area contributed by atoms with Gasteiger partial charge in [-0.15, -0.1) is 5.10 Å².